The van der Waals surface area contributed by atoms with E-state index in [-0.39, 0.29) is 23.7 Å². The molecule has 1 aliphatic heterocycles. The standard InChI is InChI=1S/C25H35N7O2/c1-5-27-23(12-11-19(2)8-7-13-26-4)25(34)30-22-10-6-9-21(16-22)24-17-32(18-29-31-24)15-14-28-20(3)33/h5-8,10-13,16,18-19,21,23,27H,1,9,14-15,17H2,2-4H3,(H,28,33)(H,30,34)/b8-7-,12-11+,26-13?. The van der Waals surface area contributed by atoms with Gasteiger partial charge in [0.2, 0.25) is 5.91 Å². The number of allylic oxidation sites excluding steroid dienone is 6. The monoisotopic (exact) mass is 465 g/mol. The Bertz CT molecular complexity index is 928. The van der Waals surface area contributed by atoms with Gasteiger partial charge in [0, 0.05) is 44.9 Å². The maximum Gasteiger partial charge on any atom is 0.250 e. The predicted molar refractivity (Wildman–Crippen MR) is 139 cm³/mol. The van der Waals surface area contributed by atoms with E-state index in [0.29, 0.717) is 19.6 Å². The summed E-state index contributed by atoms with van der Waals surface area (Å²) in [7, 11) is 1.72. The quantitative estimate of drug-likeness (QED) is 0.302. The first-order chi connectivity index (χ1) is 16.4. The van der Waals surface area contributed by atoms with Gasteiger partial charge in [0.15, 0.2) is 0 Å². The number of nitrogens with zero attached hydrogens (tertiary/aromatic N) is 4. The van der Waals surface area contributed by atoms with Crippen molar-refractivity contribution in [1.82, 2.24) is 20.9 Å². The van der Waals surface area contributed by atoms with Crippen LogP contribution in [0.4, 0.5) is 0 Å². The van der Waals surface area contributed by atoms with Gasteiger partial charge in [-0.1, -0.05) is 43.9 Å². The SMILES string of the molecule is C=CNC(/C=C/C(C)/C=C\C=NC)C(=O)NC1=CC(C2=NN=CN(CCNC(C)=O)C2)CC=C1. The maximum atomic E-state index is 12.9. The van der Waals surface area contributed by atoms with Crippen molar-refractivity contribution >= 4 is 30.1 Å². The molecular formula is C25H35N7O2. The second kappa shape index (κ2) is 14.4. The zero-order chi connectivity index (χ0) is 24.8. The third-order valence-electron chi connectivity index (χ3n) is 5.14. The summed E-state index contributed by atoms with van der Waals surface area (Å²) in [6.07, 6.45) is 19.3. The smallest absolute Gasteiger partial charge is 0.250 e. The van der Waals surface area contributed by atoms with Crippen molar-refractivity contribution in [1.29, 1.82) is 0 Å². The summed E-state index contributed by atoms with van der Waals surface area (Å²) in [6, 6.07) is -0.552. The van der Waals surface area contributed by atoms with Crippen LogP contribution in [0.5, 0.6) is 0 Å². The van der Waals surface area contributed by atoms with Gasteiger partial charge in [-0.05, 0) is 30.7 Å². The minimum atomic E-state index is -0.552. The van der Waals surface area contributed by atoms with Gasteiger partial charge in [-0.15, -0.1) is 5.10 Å². The number of amides is 2. The first-order valence-electron chi connectivity index (χ1n) is 11.3. The van der Waals surface area contributed by atoms with Crippen LogP contribution in [-0.4, -0.2) is 67.7 Å². The molecule has 34 heavy (non-hydrogen) atoms. The van der Waals surface area contributed by atoms with E-state index >= 15 is 0 Å². The van der Waals surface area contributed by atoms with Gasteiger partial charge in [-0.2, -0.15) is 5.10 Å². The van der Waals surface area contributed by atoms with Crippen molar-refractivity contribution in [2.24, 2.45) is 27.0 Å². The number of carbonyl (C=O) groups excluding carboxylic acids is 2. The Labute approximate surface area is 201 Å². The lowest BCUT2D eigenvalue weighted by Crippen LogP contribution is -2.41. The fourth-order valence-corrected chi connectivity index (χ4v) is 3.38. The van der Waals surface area contributed by atoms with E-state index in [1.165, 1.54) is 13.1 Å². The second-order valence-corrected chi connectivity index (χ2v) is 8.02. The minimum absolute atomic E-state index is 0.0350. The fourth-order valence-electron chi connectivity index (χ4n) is 3.38. The number of hydrogen-bond acceptors (Lipinski definition) is 7. The van der Waals surface area contributed by atoms with E-state index < -0.39 is 6.04 Å². The van der Waals surface area contributed by atoms with E-state index in [4.69, 9.17) is 0 Å². The molecule has 9 heteroatoms. The maximum absolute atomic E-state index is 12.9. The summed E-state index contributed by atoms with van der Waals surface area (Å²) in [5.74, 6) is -0.0524. The lowest BCUT2D eigenvalue weighted by molar-refractivity contribution is -0.121. The van der Waals surface area contributed by atoms with Gasteiger partial charge in [-0.25, -0.2) is 0 Å². The highest BCUT2D eigenvalue weighted by molar-refractivity contribution is 5.93. The van der Waals surface area contributed by atoms with Crippen LogP contribution < -0.4 is 16.0 Å². The number of rotatable bonds is 12. The molecule has 3 N–H and O–H groups in total. The Morgan fingerprint density at radius 2 is 2.18 bits per heavy atom. The van der Waals surface area contributed by atoms with E-state index in [0.717, 1.165) is 17.8 Å². The van der Waals surface area contributed by atoms with Crippen LogP contribution in [0.1, 0.15) is 20.3 Å². The zero-order valence-corrected chi connectivity index (χ0v) is 20.1. The molecule has 0 bridgehead atoms. The Hall–Kier alpha value is -3.75. The number of aliphatic imine (C=N–C) groups is 1. The molecule has 3 unspecified atom stereocenters. The Balaban J connectivity index is 1.98. The van der Waals surface area contributed by atoms with Crippen LogP contribution in [0, 0.1) is 11.8 Å². The minimum Gasteiger partial charge on any atom is -0.377 e. The predicted octanol–water partition coefficient (Wildman–Crippen LogP) is 1.95. The highest BCUT2D eigenvalue weighted by atomic mass is 16.2. The van der Waals surface area contributed by atoms with Crippen LogP contribution in [0.3, 0.4) is 0 Å². The number of carbonyl (C=O) groups is 2. The van der Waals surface area contributed by atoms with E-state index in [9.17, 15) is 9.59 Å². The van der Waals surface area contributed by atoms with Crippen LogP contribution in [0.25, 0.3) is 0 Å². The molecule has 1 aliphatic carbocycles. The Morgan fingerprint density at radius 1 is 1.35 bits per heavy atom. The fraction of sp³-hybridized carbons (Fsp3) is 0.400. The third kappa shape index (κ3) is 9.40. The molecule has 182 valence electrons. The van der Waals surface area contributed by atoms with E-state index in [1.54, 1.807) is 19.6 Å². The summed E-state index contributed by atoms with van der Waals surface area (Å²) < 4.78 is 0. The first kappa shape index (κ1) is 26.5. The average Bonchev–Trinajstić information content (AvgIpc) is 2.82. The van der Waals surface area contributed by atoms with E-state index in [2.05, 4.69) is 37.7 Å². The molecule has 0 saturated carbocycles. The van der Waals surface area contributed by atoms with Gasteiger partial charge < -0.3 is 20.9 Å². The van der Waals surface area contributed by atoms with Gasteiger partial charge in [0.25, 0.3) is 5.91 Å². The highest BCUT2D eigenvalue weighted by Gasteiger charge is 2.22. The zero-order valence-electron chi connectivity index (χ0n) is 20.1. The van der Waals surface area contributed by atoms with Crippen molar-refractivity contribution in [3.8, 4) is 0 Å². The third-order valence-corrected chi connectivity index (χ3v) is 5.14. The Morgan fingerprint density at radius 3 is 2.91 bits per heavy atom. The van der Waals surface area contributed by atoms with Crippen LogP contribution in [0.15, 0.2) is 76.2 Å². The van der Waals surface area contributed by atoms with Gasteiger partial charge in [0.05, 0.1) is 12.3 Å². The molecule has 0 radical (unpaired) electrons. The molecule has 0 fully saturated rings. The summed E-state index contributed by atoms with van der Waals surface area (Å²) in [5.41, 5.74) is 1.64. The molecule has 3 atom stereocenters. The van der Waals surface area contributed by atoms with Crippen LogP contribution >= 0.6 is 0 Å². The molecule has 0 aromatic heterocycles. The van der Waals surface area contributed by atoms with Crippen molar-refractivity contribution in [2.45, 2.75) is 26.3 Å². The van der Waals surface area contributed by atoms with Crippen LogP contribution in [-0.2, 0) is 9.59 Å². The van der Waals surface area contributed by atoms with Gasteiger partial charge in [0.1, 0.15) is 12.4 Å². The molecule has 2 rings (SSSR count). The summed E-state index contributed by atoms with van der Waals surface area (Å²) in [6.45, 7) is 9.03. The molecule has 2 amide bonds. The molecule has 2 aliphatic rings. The molecule has 0 spiro atoms. The molecule has 0 aromatic rings. The summed E-state index contributed by atoms with van der Waals surface area (Å²) >= 11 is 0. The molecular weight excluding hydrogens is 430 g/mol. The molecule has 9 nitrogen and oxygen atoms in total. The lowest BCUT2D eigenvalue weighted by Gasteiger charge is -2.27. The second-order valence-electron chi connectivity index (χ2n) is 8.02. The Kier molecular flexibility index (Phi) is 11.2. The van der Waals surface area contributed by atoms with Crippen molar-refractivity contribution < 1.29 is 9.59 Å². The van der Waals surface area contributed by atoms with Gasteiger partial charge in [-0.3, -0.25) is 14.6 Å². The molecule has 0 saturated heterocycles. The van der Waals surface area contributed by atoms with Gasteiger partial charge >= 0.3 is 0 Å². The largest absolute Gasteiger partial charge is 0.377 e. The van der Waals surface area contributed by atoms with E-state index in [1.807, 2.05) is 54.4 Å². The summed E-state index contributed by atoms with van der Waals surface area (Å²) in [5, 5.41) is 17.2. The number of nitrogens with one attached hydrogen (secondary N) is 3. The molecule has 1 heterocycles. The van der Waals surface area contributed by atoms with Crippen molar-refractivity contribution in [3.63, 3.8) is 0 Å². The summed E-state index contributed by atoms with van der Waals surface area (Å²) in [4.78, 5) is 29.9. The molecule has 0 aromatic carbocycles. The van der Waals surface area contributed by atoms with Crippen molar-refractivity contribution in [2.75, 3.05) is 26.7 Å². The topological polar surface area (TPSA) is 111 Å². The van der Waals surface area contributed by atoms with Crippen molar-refractivity contribution in [3.05, 3.63) is 61.0 Å². The first-order valence-corrected chi connectivity index (χ1v) is 11.3. The highest BCUT2D eigenvalue weighted by Crippen LogP contribution is 2.19. The van der Waals surface area contributed by atoms with Crippen LogP contribution in [0.2, 0.25) is 0 Å². The average molecular weight is 466 g/mol. The normalized spacial score (nSPS) is 19.7. The lowest BCUT2D eigenvalue weighted by atomic mass is 9.93. The number of hydrogen-bond donors (Lipinski definition) is 3.